The fourth-order valence-corrected chi connectivity index (χ4v) is 4.02. The highest BCUT2D eigenvalue weighted by atomic mass is 79.9. The second kappa shape index (κ2) is 8.93. The lowest BCUT2D eigenvalue weighted by molar-refractivity contribution is -0.858. The predicted octanol–water partition coefficient (Wildman–Crippen LogP) is 2.71. The minimum atomic E-state index is -0.634. The summed E-state index contributed by atoms with van der Waals surface area (Å²) in [5, 5.41) is 11.0. The fraction of sp³-hybridized carbons (Fsp3) is 0.304. The summed E-state index contributed by atoms with van der Waals surface area (Å²) in [7, 11) is 4.11. The average Bonchev–Trinajstić information content (AvgIpc) is 2.93. The highest BCUT2D eigenvalue weighted by Gasteiger charge is 2.45. The molecule has 0 spiro atoms. The minimum absolute atomic E-state index is 0.130. The van der Waals surface area contributed by atoms with Gasteiger partial charge in [0.1, 0.15) is 5.76 Å². The number of hydrogen-bond acceptors (Lipinski definition) is 3. The molecule has 6 heteroatoms. The highest BCUT2D eigenvalue weighted by Crippen LogP contribution is 2.40. The van der Waals surface area contributed by atoms with Gasteiger partial charge in [-0.05, 0) is 24.6 Å². The van der Waals surface area contributed by atoms with E-state index in [1.54, 1.807) is 17.0 Å². The molecule has 0 aliphatic carbocycles. The normalized spacial score (nSPS) is 18.7. The minimum Gasteiger partial charge on any atom is -0.507 e. The Morgan fingerprint density at radius 3 is 2.45 bits per heavy atom. The van der Waals surface area contributed by atoms with E-state index < -0.39 is 17.7 Å². The van der Waals surface area contributed by atoms with Crippen molar-refractivity contribution in [3.63, 3.8) is 0 Å². The standard InChI is InChI=1S/C23H25BrN2O3/c1-15-8-10-16(11-9-15)21(27)19-20(17-6-4-7-18(24)14-17)26(23(29)22(19)28)13-5-12-25(2)3/h4,6-11,14,20,27H,5,12-13H2,1-3H3/p+1/t20-/m1/s1. The smallest absolute Gasteiger partial charge is 0.295 e. The Morgan fingerprint density at radius 2 is 1.83 bits per heavy atom. The summed E-state index contributed by atoms with van der Waals surface area (Å²) < 4.78 is 0.855. The number of Topliss-reactive ketones (excluding diaryl/α,β-unsaturated/α-hetero) is 1. The quantitative estimate of drug-likeness (QED) is 0.398. The van der Waals surface area contributed by atoms with E-state index >= 15 is 0 Å². The molecule has 2 N–H and O–H groups in total. The number of ketones is 1. The first kappa shape index (κ1) is 21.3. The van der Waals surface area contributed by atoms with Crippen LogP contribution in [0.25, 0.3) is 5.76 Å². The highest BCUT2D eigenvalue weighted by molar-refractivity contribution is 9.10. The molecule has 1 heterocycles. The van der Waals surface area contributed by atoms with Gasteiger partial charge < -0.3 is 14.9 Å². The van der Waals surface area contributed by atoms with E-state index in [-0.39, 0.29) is 11.3 Å². The number of nitrogens with one attached hydrogen (secondary N) is 1. The Balaban J connectivity index is 2.09. The number of carbonyl (C=O) groups excluding carboxylic acids is 2. The molecule has 1 aliphatic heterocycles. The molecule has 3 rings (SSSR count). The Hall–Kier alpha value is -2.44. The monoisotopic (exact) mass is 457 g/mol. The molecule has 29 heavy (non-hydrogen) atoms. The van der Waals surface area contributed by atoms with Crippen molar-refractivity contribution in [3.05, 3.63) is 75.3 Å². The second-order valence-electron chi connectivity index (χ2n) is 7.72. The summed E-state index contributed by atoms with van der Waals surface area (Å²) in [5.41, 5.74) is 2.53. The van der Waals surface area contributed by atoms with Crippen molar-refractivity contribution in [3.8, 4) is 0 Å². The van der Waals surface area contributed by atoms with Gasteiger partial charge >= 0.3 is 0 Å². The zero-order valence-electron chi connectivity index (χ0n) is 16.9. The number of aliphatic hydroxyl groups excluding tert-OH is 1. The summed E-state index contributed by atoms with van der Waals surface area (Å²) in [4.78, 5) is 28.7. The van der Waals surface area contributed by atoms with E-state index in [4.69, 9.17) is 0 Å². The maximum absolute atomic E-state index is 12.9. The molecule has 152 valence electrons. The van der Waals surface area contributed by atoms with Crippen LogP contribution in [0.1, 0.15) is 29.2 Å². The molecule has 0 radical (unpaired) electrons. The van der Waals surface area contributed by atoms with Crippen molar-refractivity contribution in [2.75, 3.05) is 27.2 Å². The van der Waals surface area contributed by atoms with Crippen LogP contribution in [0.3, 0.4) is 0 Å². The summed E-state index contributed by atoms with van der Waals surface area (Å²) in [6.07, 6.45) is 0.768. The number of hydrogen-bond donors (Lipinski definition) is 2. The number of rotatable bonds is 6. The van der Waals surface area contributed by atoms with E-state index in [0.717, 1.165) is 28.6 Å². The van der Waals surface area contributed by atoms with Crippen LogP contribution in [0.4, 0.5) is 0 Å². The SMILES string of the molecule is Cc1ccc(C(O)=C2C(=O)C(=O)N(CCC[NH+](C)C)[C@@H]2c2cccc(Br)c2)cc1. The van der Waals surface area contributed by atoms with Gasteiger partial charge in [-0.15, -0.1) is 0 Å². The summed E-state index contributed by atoms with van der Waals surface area (Å²) in [6.45, 7) is 3.29. The van der Waals surface area contributed by atoms with Gasteiger partial charge in [0.2, 0.25) is 0 Å². The van der Waals surface area contributed by atoms with Gasteiger partial charge in [-0.2, -0.15) is 0 Å². The molecule has 2 aromatic rings. The van der Waals surface area contributed by atoms with E-state index in [1.807, 2.05) is 43.3 Å². The first-order valence-electron chi connectivity index (χ1n) is 9.69. The van der Waals surface area contributed by atoms with Crippen LogP contribution in [0.2, 0.25) is 0 Å². The molecule has 1 fully saturated rings. The Labute approximate surface area is 179 Å². The number of benzene rings is 2. The summed E-state index contributed by atoms with van der Waals surface area (Å²) in [6, 6.07) is 14.2. The van der Waals surface area contributed by atoms with Crippen LogP contribution in [0.5, 0.6) is 0 Å². The number of aryl methyl sites for hydroxylation is 1. The third kappa shape index (κ3) is 4.60. The van der Waals surface area contributed by atoms with E-state index in [0.29, 0.717) is 12.1 Å². The lowest BCUT2D eigenvalue weighted by Crippen LogP contribution is -3.05. The summed E-state index contributed by atoms with van der Waals surface area (Å²) >= 11 is 3.47. The molecule has 1 amide bonds. The second-order valence-corrected chi connectivity index (χ2v) is 8.64. The molecular weight excluding hydrogens is 432 g/mol. The van der Waals surface area contributed by atoms with Gasteiger partial charge in [-0.1, -0.05) is 57.9 Å². The van der Waals surface area contributed by atoms with Gasteiger partial charge in [0.05, 0.1) is 32.3 Å². The van der Waals surface area contributed by atoms with Gasteiger partial charge in [0, 0.05) is 23.0 Å². The third-order valence-corrected chi connectivity index (χ3v) is 5.60. The topological polar surface area (TPSA) is 62.0 Å². The molecule has 5 nitrogen and oxygen atoms in total. The molecule has 2 aromatic carbocycles. The van der Waals surface area contributed by atoms with Crippen molar-refractivity contribution >= 4 is 33.4 Å². The van der Waals surface area contributed by atoms with Crippen molar-refractivity contribution in [2.24, 2.45) is 0 Å². The first-order chi connectivity index (χ1) is 13.8. The number of likely N-dealkylation sites (tertiary alicyclic amines) is 1. The largest absolute Gasteiger partial charge is 0.507 e. The zero-order chi connectivity index (χ0) is 21.1. The third-order valence-electron chi connectivity index (χ3n) is 5.11. The molecular formula is C23H26BrN2O3+. The molecule has 1 aliphatic rings. The van der Waals surface area contributed by atoms with Crippen molar-refractivity contribution in [1.29, 1.82) is 0 Å². The van der Waals surface area contributed by atoms with Crippen LogP contribution < -0.4 is 4.90 Å². The number of nitrogens with zero attached hydrogens (tertiary/aromatic N) is 1. The van der Waals surface area contributed by atoms with E-state index in [2.05, 4.69) is 30.0 Å². The number of quaternary nitrogens is 1. The van der Waals surface area contributed by atoms with E-state index in [1.165, 1.54) is 4.90 Å². The van der Waals surface area contributed by atoms with Gasteiger partial charge in [-0.25, -0.2) is 0 Å². The fourth-order valence-electron chi connectivity index (χ4n) is 3.60. The lowest BCUT2D eigenvalue weighted by atomic mass is 9.95. The first-order valence-corrected chi connectivity index (χ1v) is 10.5. The van der Waals surface area contributed by atoms with Crippen LogP contribution in [0, 0.1) is 6.92 Å². The van der Waals surface area contributed by atoms with Crippen LogP contribution in [0.15, 0.2) is 58.6 Å². The predicted molar refractivity (Wildman–Crippen MR) is 117 cm³/mol. The maximum atomic E-state index is 12.9. The Morgan fingerprint density at radius 1 is 1.14 bits per heavy atom. The molecule has 0 saturated carbocycles. The number of carbonyl (C=O) groups is 2. The number of aliphatic hydroxyl groups is 1. The Kier molecular flexibility index (Phi) is 6.55. The van der Waals surface area contributed by atoms with Crippen molar-refractivity contribution < 1.29 is 19.6 Å². The van der Waals surface area contributed by atoms with Crippen LogP contribution in [-0.2, 0) is 9.59 Å². The molecule has 0 bridgehead atoms. The van der Waals surface area contributed by atoms with Gasteiger partial charge in [0.15, 0.2) is 0 Å². The zero-order valence-corrected chi connectivity index (χ0v) is 18.5. The lowest BCUT2D eigenvalue weighted by Gasteiger charge is -2.25. The summed E-state index contributed by atoms with van der Waals surface area (Å²) in [5.74, 6) is -1.32. The van der Waals surface area contributed by atoms with Gasteiger partial charge in [0.25, 0.3) is 11.7 Å². The maximum Gasteiger partial charge on any atom is 0.295 e. The molecule has 1 saturated heterocycles. The van der Waals surface area contributed by atoms with E-state index in [9.17, 15) is 14.7 Å². The Bertz CT molecular complexity index is 951. The van der Waals surface area contributed by atoms with Crippen molar-refractivity contribution in [2.45, 2.75) is 19.4 Å². The molecule has 0 unspecified atom stereocenters. The number of amides is 1. The van der Waals surface area contributed by atoms with Crippen molar-refractivity contribution in [1.82, 2.24) is 4.90 Å². The molecule has 0 aromatic heterocycles. The average molecular weight is 458 g/mol. The molecule has 1 atom stereocenters. The van der Waals surface area contributed by atoms with Crippen LogP contribution >= 0.6 is 15.9 Å². The van der Waals surface area contributed by atoms with Crippen LogP contribution in [-0.4, -0.2) is 48.9 Å². The number of halogens is 1. The van der Waals surface area contributed by atoms with Gasteiger partial charge in [-0.3, -0.25) is 9.59 Å².